The smallest absolute Gasteiger partial charge is 0.203 e. The fourth-order valence-corrected chi connectivity index (χ4v) is 1.93. The molecule has 0 fully saturated rings. The molecule has 1 aromatic carbocycles. The second kappa shape index (κ2) is 9.50. The number of ether oxygens (including phenoxy) is 3. The molecule has 0 aliphatic carbocycles. The van der Waals surface area contributed by atoms with E-state index in [0.29, 0.717) is 18.3 Å². The Labute approximate surface area is 128 Å². The van der Waals surface area contributed by atoms with Gasteiger partial charge in [0.05, 0.1) is 20.8 Å². The van der Waals surface area contributed by atoms with Gasteiger partial charge in [0.1, 0.15) is 0 Å². The van der Waals surface area contributed by atoms with E-state index >= 15 is 0 Å². The van der Waals surface area contributed by atoms with Gasteiger partial charge in [-0.05, 0) is 36.6 Å². The summed E-state index contributed by atoms with van der Waals surface area (Å²) in [5, 5.41) is 3.38. The van der Waals surface area contributed by atoms with Crippen molar-refractivity contribution in [2.24, 2.45) is 5.92 Å². The van der Waals surface area contributed by atoms with Crippen LogP contribution in [0.3, 0.4) is 0 Å². The molecule has 0 saturated heterocycles. The minimum absolute atomic E-state index is 0.505. The Morgan fingerprint density at radius 1 is 1.10 bits per heavy atom. The molecule has 1 N–H and O–H groups in total. The normalized spacial score (nSPS) is 12.0. The van der Waals surface area contributed by atoms with Crippen LogP contribution in [0.15, 0.2) is 12.1 Å². The summed E-state index contributed by atoms with van der Waals surface area (Å²) in [6, 6.07) is 4.02. The Kier molecular flexibility index (Phi) is 7.98. The predicted octanol–water partition coefficient (Wildman–Crippen LogP) is 3.63. The van der Waals surface area contributed by atoms with Crippen LogP contribution >= 0.6 is 0 Å². The average molecular weight is 295 g/mol. The largest absolute Gasteiger partial charge is 0.493 e. The highest BCUT2D eigenvalue weighted by Gasteiger charge is 2.15. The van der Waals surface area contributed by atoms with Crippen molar-refractivity contribution in [1.29, 1.82) is 0 Å². The third-order valence-electron chi connectivity index (χ3n) is 3.49. The first-order chi connectivity index (χ1) is 10.2. The zero-order chi connectivity index (χ0) is 15.7. The fourth-order valence-electron chi connectivity index (χ4n) is 1.93. The van der Waals surface area contributed by atoms with Crippen molar-refractivity contribution in [2.45, 2.75) is 40.2 Å². The van der Waals surface area contributed by atoms with E-state index in [2.05, 4.69) is 26.1 Å². The lowest BCUT2D eigenvalue weighted by Crippen LogP contribution is -2.14. The van der Waals surface area contributed by atoms with Crippen molar-refractivity contribution >= 4 is 0 Å². The van der Waals surface area contributed by atoms with Crippen molar-refractivity contribution in [3.05, 3.63) is 17.7 Å². The van der Waals surface area contributed by atoms with Crippen LogP contribution in [-0.2, 0) is 6.54 Å². The van der Waals surface area contributed by atoms with Gasteiger partial charge in [0.25, 0.3) is 0 Å². The Balaban J connectivity index is 2.90. The van der Waals surface area contributed by atoms with E-state index in [1.165, 1.54) is 0 Å². The summed E-state index contributed by atoms with van der Waals surface area (Å²) < 4.78 is 16.8. The first-order valence-electron chi connectivity index (χ1n) is 7.74. The molecule has 4 nitrogen and oxygen atoms in total. The highest BCUT2D eigenvalue weighted by Crippen LogP contribution is 2.38. The number of benzene rings is 1. The molecule has 1 rings (SSSR count). The number of rotatable bonds is 10. The van der Waals surface area contributed by atoms with Crippen LogP contribution in [0.4, 0.5) is 0 Å². The van der Waals surface area contributed by atoms with Gasteiger partial charge < -0.3 is 19.5 Å². The molecule has 0 aliphatic heterocycles. The number of nitrogens with one attached hydrogen (secondary N) is 1. The third-order valence-corrected chi connectivity index (χ3v) is 3.49. The van der Waals surface area contributed by atoms with Crippen molar-refractivity contribution in [1.82, 2.24) is 5.32 Å². The van der Waals surface area contributed by atoms with Gasteiger partial charge >= 0.3 is 0 Å². The van der Waals surface area contributed by atoms with Gasteiger partial charge in [-0.2, -0.15) is 0 Å². The van der Waals surface area contributed by atoms with E-state index in [4.69, 9.17) is 14.2 Å². The lowest BCUT2D eigenvalue weighted by Gasteiger charge is -2.18. The van der Waals surface area contributed by atoms with E-state index in [9.17, 15) is 0 Å². The molecule has 0 heterocycles. The van der Waals surface area contributed by atoms with Crippen molar-refractivity contribution in [2.75, 3.05) is 27.4 Å². The lowest BCUT2D eigenvalue weighted by atomic mass is 10.1. The highest BCUT2D eigenvalue weighted by atomic mass is 16.5. The molecule has 21 heavy (non-hydrogen) atoms. The van der Waals surface area contributed by atoms with Crippen molar-refractivity contribution in [3.63, 3.8) is 0 Å². The Bertz CT molecular complexity index is 395. The van der Waals surface area contributed by atoms with Crippen LogP contribution in [0.25, 0.3) is 0 Å². The van der Waals surface area contributed by atoms with Gasteiger partial charge in [-0.25, -0.2) is 0 Å². The highest BCUT2D eigenvalue weighted by molar-refractivity contribution is 5.53. The molecule has 0 saturated carbocycles. The molecule has 1 unspecified atom stereocenters. The molecule has 1 atom stereocenters. The summed E-state index contributed by atoms with van der Waals surface area (Å²) in [5.74, 6) is 2.65. The molecular formula is C17H29NO3. The standard InChI is InChI=1S/C17H29NO3/c1-6-8-18-11-14-9-15(19-4)17(16(10-14)20-5)21-12-13(3)7-2/h9-10,13,18H,6-8,11-12H2,1-5H3. The molecule has 0 radical (unpaired) electrons. The molecule has 0 bridgehead atoms. The van der Waals surface area contributed by atoms with Gasteiger partial charge in [-0.3, -0.25) is 0 Å². The predicted molar refractivity (Wildman–Crippen MR) is 86.5 cm³/mol. The summed E-state index contributed by atoms with van der Waals surface area (Å²) in [6.45, 7) is 8.94. The number of hydrogen-bond acceptors (Lipinski definition) is 4. The molecule has 4 heteroatoms. The first-order valence-corrected chi connectivity index (χ1v) is 7.74. The Morgan fingerprint density at radius 2 is 1.71 bits per heavy atom. The average Bonchev–Trinajstić information content (AvgIpc) is 2.52. The SMILES string of the molecule is CCCNCc1cc(OC)c(OCC(C)CC)c(OC)c1. The summed E-state index contributed by atoms with van der Waals surface area (Å²) in [7, 11) is 3.32. The summed E-state index contributed by atoms with van der Waals surface area (Å²) in [4.78, 5) is 0. The maximum Gasteiger partial charge on any atom is 0.203 e. The Morgan fingerprint density at radius 3 is 2.19 bits per heavy atom. The van der Waals surface area contributed by atoms with Crippen molar-refractivity contribution < 1.29 is 14.2 Å². The number of methoxy groups -OCH3 is 2. The monoisotopic (exact) mass is 295 g/mol. The van der Waals surface area contributed by atoms with Gasteiger partial charge in [0, 0.05) is 6.54 Å². The zero-order valence-electron chi connectivity index (χ0n) is 14.0. The van der Waals surface area contributed by atoms with Gasteiger partial charge in [-0.15, -0.1) is 0 Å². The lowest BCUT2D eigenvalue weighted by molar-refractivity contribution is 0.232. The summed E-state index contributed by atoms with van der Waals surface area (Å²) >= 11 is 0. The molecule has 0 amide bonds. The maximum absolute atomic E-state index is 5.91. The van der Waals surface area contributed by atoms with Gasteiger partial charge in [0.2, 0.25) is 5.75 Å². The third kappa shape index (κ3) is 5.46. The molecule has 120 valence electrons. The molecule has 0 aromatic heterocycles. The van der Waals surface area contributed by atoms with Crippen LogP contribution in [0, 0.1) is 5.92 Å². The second-order valence-corrected chi connectivity index (χ2v) is 5.33. The minimum atomic E-state index is 0.505. The van der Waals surface area contributed by atoms with Gasteiger partial charge in [0.15, 0.2) is 11.5 Å². The van der Waals surface area contributed by atoms with Crippen LogP contribution in [0.2, 0.25) is 0 Å². The molecule has 0 aliphatic rings. The summed E-state index contributed by atoms with van der Waals surface area (Å²) in [5.41, 5.74) is 1.13. The summed E-state index contributed by atoms with van der Waals surface area (Å²) in [6.07, 6.45) is 2.20. The van der Waals surface area contributed by atoms with E-state index in [0.717, 1.165) is 43.0 Å². The first kappa shape index (κ1) is 17.6. The zero-order valence-corrected chi connectivity index (χ0v) is 14.0. The Hall–Kier alpha value is -1.42. The van der Waals surface area contributed by atoms with Crippen molar-refractivity contribution in [3.8, 4) is 17.2 Å². The molecular weight excluding hydrogens is 266 g/mol. The number of hydrogen-bond donors (Lipinski definition) is 1. The van der Waals surface area contributed by atoms with Crippen LogP contribution in [0.1, 0.15) is 39.2 Å². The van der Waals surface area contributed by atoms with Crippen LogP contribution in [0.5, 0.6) is 17.2 Å². The van der Waals surface area contributed by atoms with E-state index in [1.807, 2.05) is 12.1 Å². The quantitative estimate of drug-likeness (QED) is 0.669. The van der Waals surface area contributed by atoms with E-state index < -0.39 is 0 Å². The molecule has 1 aromatic rings. The van der Waals surface area contributed by atoms with Gasteiger partial charge in [-0.1, -0.05) is 27.2 Å². The van der Waals surface area contributed by atoms with Crippen LogP contribution < -0.4 is 19.5 Å². The second-order valence-electron chi connectivity index (χ2n) is 5.33. The fraction of sp³-hybridized carbons (Fsp3) is 0.647. The topological polar surface area (TPSA) is 39.7 Å². The maximum atomic E-state index is 5.91. The van der Waals surface area contributed by atoms with E-state index in [1.54, 1.807) is 14.2 Å². The minimum Gasteiger partial charge on any atom is -0.493 e. The van der Waals surface area contributed by atoms with E-state index in [-0.39, 0.29) is 0 Å². The molecule has 0 spiro atoms. The van der Waals surface area contributed by atoms with Crippen LogP contribution in [-0.4, -0.2) is 27.4 Å².